The van der Waals surface area contributed by atoms with E-state index in [1.54, 1.807) is 0 Å². The lowest BCUT2D eigenvalue weighted by Gasteiger charge is -2.22. The van der Waals surface area contributed by atoms with Crippen LogP contribution in [0.1, 0.15) is 31.4 Å². The number of hydrogen-bond acceptors (Lipinski definition) is 2. The van der Waals surface area contributed by atoms with Crippen molar-refractivity contribution in [3.05, 3.63) is 29.3 Å². The van der Waals surface area contributed by atoms with E-state index >= 15 is 0 Å². The Kier molecular flexibility index (Phi) is 5.10. The molecule has 0 fully saturated rings. The van der Waals surface area contributed by atoms with Crippen molar-refractivity contribution in [2.24, 2.45) is 5.92 Å². The van der Waals surface area contributed by atoms with Crippen LogP contribution in [0, 0.1) is 19.8 Å². The molecule has 0 saturated heterocycles. The summed E-state index contributed by atoms with van der Waals surface area (Å²) in [6.07, 6.45) is 0.347. The summed E-state index contributed by atoms with van der Waals surface area (Å²) in [5.41, 5.74) is 2.69. The van der Waals surface area contributed by atoms with Crippen molar-refractivity contribution in [3.8, 4) is 0 Å². The van der Waals surface area contributed by atoms with Crippen molar-refractivity contribution in [2.45, 2.75) is 34.1 Å². The van der Waals surface area contributed by atoms with Gasteiger partial charge in [-0.3, -0.25) is 9.59 Å². The summed E-state index contributed by atoms with van der Waals surface area (Å²) in [5.74, 6) is -0.951. The van der Waals surface area contributed by atoms with Crippen molar-refractivity contribution < 1.29 is 14.7 Å². The smallest absolute Gasteiger partial charge is 0.323 e. The second kappa shape index (κ2) is 6.36. The van der Waals surface area contributed by atoms with E-state index in [2.05, 4.69) is 0 Å². The lowest BCUT2D eigenvalue weighted by Crippen LogP contribution is -2.36. The van der Waals surface area contributed by atoms with Crippen molar-refractivity contribution in [1.82, 2.24) is 0 Å². The molecule has 0 atom stereocenters. The molecule has 1 aromatic rings. The van der Waals surface area contributed by atoms with Gasteiger partial charge >= 0.3 is 5.97 Å². The highest BCUT2D eigenvalue weighted by Crippen LogP contribution is 2.20. The van der Waals surface area contributed by atoms with E-state index in [1.807, 2.05) is 45.9 Å². The molecule has 104 valence electrons. The van der Waals surface area contributed by atoms with Gasteiger partial charge in [-0.25, -0.2) is 0 Å². The Morgan fingerprint density at radius 3 is 2.11 bits per heavy atom. The summed E-state index contributed by atoms with van der Waals surface area (Å²) in [7, 11) is 0. The Morgan fingerprint density at radius 2 is 1.68 bits per heavy atom. The third kappa shape index (κ3) is 4.73. The minimum atomic E-state index is -1.00. The summed E-state index contributed by atoms with van der Waals surface area (Å²) in [5, 5.41) is 8.97. The van der Waals surface area contributed by atoms with Crippen LogP contribution in [0.4, 0.5) is 5.69 Å². The summed E-state index contributed by atoms with van der Waals surface area (Å²) < 4.78 is 0. The molecule has 1 aromatic carbocycles. The average molecular weight is 263 g/mol. The van der Waals surface area contributed by atoms with Crippen molar-refractivity contribution in [1.29, 1.82) is 0 Å². The van der Waals surface area contributed by atoms with Gasteiger partial charge in [0.2, 0.25) is 5.91 Å². The van der Waals surface area contributed by atoms with Crippen LogP contribution in [0.2, 0.25) is 0 Å². The normalized spacial score (nSPS) is 10.6. The highest BCUT2D eigenvalue weighted by atomic mass is 16.4. The van der Waals surface area contributed by atoms with Gasteiger partial charge in [0, 0.05) is 12.1 Å². The van der Waals surface area contributed by atoms with E-state index in [4.69, 9.17) is 5.11 Å². The van der Waals surface area contributed by atoms with Crippen LogP contribution >= 0.6 is 0 Å². The molecule has 19 heavy (non-hydrogen) atoms. The number of anilines is 1. The first-order valence-corrected chi connectivity index (χ1v) is 6.40. The molecule has 0 aliphatic carbocycles. The summed E-state index contributed by atoms with van der Waals surface area (Å²) in [4.78, 5) is 24.5. The Morgan fingerprint density at radius 1 is 1.16 bits per heavy atom. The quantitative estimate of drug-likeness (QED) is 0.888. The zero-order valence-electron chi connectivity index (χ0n) is 11.9. The first-order chi connectivity index (χ1) is 8.79. The van der Waals surface area contributed by atoms with Crippen molar-refractivity contribution >= 4 is 17.6 Å². The fourth-order valence-electron chi connectivity index (χ4n) is 2.02. The van der Waals surface area contributed by atoms with Crippen LogP contribution < -0.4 is 4.90 Å². The topological polar surface area (TPSA) is 57.6 Å². The van der Waals surface area contributed by atoms with E-state index in [0.717, 1.165) is 11.1 Å². The van der Waals surface area contributed by atoms with E-state index < -0.39 is 5.97 Å². The number of carbonyl (C=O) groups excluding carboxylic acids is 1. The molecule has 0 bridgehead atoms. The second-order valence-corrected chi connectivity index (χ2v) is 5.32. The van der Waals surface area contributed by atoms with E-state index in [0.29, 0.717) is 12.1 Å². The number of rotatable bonds is 5. The van der Waals surface area contributed by atoms with E-state index in [9.17, 15) is 9.59 Å². The predicted molar refractivity (Wildman–Crippen MR) is 75.4 cm³/mol. The first-order valence-electron chi connectivity index (χ1n) is 6.40. The number of carbonyl (C=O) groups is 2. The van der Waals surface area contributed by atoms with Crippen LogP contribution in [0.15, 0.2) is 18.2 Å². The monoisotopic (exact) mass is 263 g/mol. The van der Waals surface area contributed by atoms with Gasteiger partial charge < -0.3 is 10.0 Å². The predicted octanol–water partition coefficient (Wildman–Crippen LogP) is 2.77. The van der Waals surface area contributed by atoms with Gasteiger partial charge in [0.1, 0.15) is 6.54 Å². The van der Waals surface area contributed by atoms with E-state index in [1.165, 1.54) is 4.90 Å². The van der Waals surface area contributed by atoms with Crippen LogP contribution in [-0.4, -0.2) is 23.5 Å². The molecule has 0 unspecified atom stereocenters. The maximum atomic E-state index is 12.2. The third-order valence-corrected chi connectivity index (χ3v) is 2.70. The molecule has 0 heterocycles. The lowest BCUT2D eigenvalue weighted by molar-refractivity contribution is -0.136. The Hall–Kier alpha value is -1.84. The van der Waals surface area contributed by atoms with Crippen LogP contribution in [0.5, 0.6) is 0 Å². The Balaban J connectivity index is 3.08. The number of benzene rings is 1. The van der Waals surface area contributed by atoms with Gasteiger partial charge in [0.25, 0.3) is 0 Å². The van der Waals surface area contributed by atoms with Gasteiger partial charge in [0.05, 0.1) is 0 Å². The fraction of sp³-hybridized carbons (Fsp3) is 0.467. The molecule has 0 radical (unpaired) electrons. The zero-order valence-corrected chi connectivity index (χ0v) is 11.9. The van der Waals surface area contributed by atoms with Crippen molar-refractivity contribution in [3.63, 3.8) is 0 Å². The molecular weight excluding hydrogens is 242 g/mol. The molecule has 4 heteroatoms. The van der Waals surface area contributed by atoms with Gasteiger partial charge in [0.15, 0.2) is 0 Å². The highest BCUT2D eigenvalue weighted by Gasteiger charge is 2.20. The fourth-order valence-corrected chi connectivity index (χ4v) is 2.02. The average Bonchev–Trinajstić information content (AvgIpc) is 2.22. The molecule has 0 aliphatic heterocycles. The number of amides is 1. The molecule has 0 aromatic heterocycles. The maximum Gasteiger partial charge on any atom is 0.323 e. The van der Waals surface area contributed by atoms with Gasteiger partial charge in [-0.2, -0.15) is 0 Å². The Bertz CT molecular complexity index is 460. The summed E-state index contributed by atoms with van der Waals surface area (Å²) in [6, 6.07) is 5.68. The van der Waals surface area contributed by atoms with Gasteiger partial charge in [-0.1, -0.05) is 19.9 Å². The van der Waals surface area contributed by atoms with Crippen molar-refractivity contribution in [2.75, 3.05) is 11.4 Å². The SMILES string of the molecule is Cc1cc(C)cc(N(CC(=O)O)C(=O)CC(C)C)c1. The van der Waals surface area contributed by atoms with Crippen LogP contribution in [-0.2, 0) is 9.59 Å². The van der Waals surface area contributed by atoms with Gasteiger partial charge in [-0.05, 0) is 43.0 Å². The van der Waals surface area contributed by atoms with Gasteiger partial charge in [-0.15, -0.1) is 0 Å². The van der Waals surface area contributed by atoms with E-state index in [-0.39, 0.29) is 18.4 Å². The number of carboxylic acid groups (broad SMARTS) is 1. The number of nitrogens with zero attached hydrogens (tertiary/aromatic N) is 1. The summed E-state index contributed by atoms with van der Waals surface area (Å²) in [6.45, 7) is 7.45. The number of hydrogen-bond donors (Lipinski definition) is 1. The molecule has 1 N–H and O–H groups in total. The first kappa shape index (κ1) is 15.2. The standard InChI is InChI=1S/C15H21NO3/c1-10(2)5-14(17)16(9-15(18)19)13-7-11(3)6-12(4)8-13/h6-8,10H,5,9H2,1-4H3,(H,18,19). The molecule has 0 aliphatic rings. The van der Waals surface area contributed by atoms with Crippen LogP contribution in [0.3, 0.4) is 0 Å². The Labute approximate surface area is 114 Å². The third-order valence-electron chi connectivity index (χ3n) is 2.70. The number of aryl methyl sites for hydroxylation is 2. The largest absolute Gasteiger partial charge is 0.480 e. The molecule has 1 amide bonds. The molecular formula is C15H21NO3. The minimum Gasteiger partial charge on any atom is -0.480 e. The number of carboxylic acids is 1. The molecule has 0 spiro atoms. The highest BCUT2D eigenvalue weighted by molar-refractivity contribution is 5.97. The van der Waals surface area contributed by atoms with Crippen LogP contribution in [0.25, 0.3) is 0 Å². The zero-order chi connectivity index (χ0) is 14.6. The summed E-state index contributed by atoms with van der Waals surface area (Å²) >= 11 is 0. The second-order valence-electron chi connectivity index (χ2n) is 5.32. The number of aliphatic carboxylic acids is 1. The lowest BCUT2D eigenvalue weighted by atomic mass is 10.1. The molecule has 0 saturated carbocycles. The minimum absolute atomic E-state index is 0.151. The maximum absolute atomic E-state index is 12.2. The molecule has 1 rings (SSSR count). The molecule has 4 nitrogen and oxygen atoms in total.